The Bertz CT molecular complexity index is 691. The summed E-state index contributed by atoms with van der Waals surface area (Å²) >= 11 is 0. The van der Waals surface area contributed by atoms with Crippen LogP contribution in [0.1, 0.15) is 48.9 Å². The first-order valence-corrected chi connectivity index (χ1v) is 8.63. The van der Waals surface area contributed by atoms with Crippen LogP contribution in [-0.4, -0.2) is 23.4 Å². The molecule has 0 radical (unpaired) electrons. The van der Waals surface area contributed by atoms with Gasteiger partial charge in [0.25, 0.3) is 5.91 Å². The minimum absolute atomic E-state index is 0.238. The second-order valence-corrected chi connectivity index (χ2v) is 6.81. The summed E-state index contributed by atoms with van der Waals surface area (Å²) < 4.78 is 0. The zero-order valence-electron chi connectivity index (χ0n) is 13.0. The van der Waals surface area contributed by atoms with Crippen LogP contribution in [0, 0.1) is 5.92 Å². The van der Waals surface area contributed by atoms with Gasteiger partial charge in [-0.1, -0.05) is 43.2 Å². The number of carbonyl (C=O) groups is 1. The summed E-state index contributed by atoms with van der Waals surface area (Å²) in [6.07, 6.45) is 7.62. The van der Waals surface area contributed by atoms with Gasteiger partial charge in [-0.15, -0.1) is 0 Å². The monoisotopic (exact) mass is 293 g/mol. The second-order valence-electron chi connectivity index (χ2n) is 6.81. The molecule has 2 nitrogen and oxygen atoms in total. The quantitative estimate of drug-likeness (QED) is 0.750. The molecule has 4 rings (SSSR count). The summed E-state index contributed by atoms with van der Waals surface area (Å²) in [4.78, 5) is 15.2. The molecule has 2 aromatic carbocycles. The van der Waals surface area contributed by atoms with Crippen LogP contribution in [0.5, 0.6) is 0 Å². The van der Waals surface area contributed by atoms with Crippen LogP contribution < -0.4 is 0 Å². The van der Waals surface area contributed by atoms with Gasteiger partial charge in [0.15, 0.2) is 0 Å². The van der Waals surface area contributed by atoms with Crippen molar-refractivity contribution < 1.29 is 4.79 Å². The normalized spacial score (nSPS) is 25.0. The maximum Gasteiger partial charge on any atom is 0.254 e. The third-order valence-corrected chi connectivity index (χ3v) is 5.50. The minimum atomic E-state index is 0.238. The van der Waals surface area contributed by atoms with Gasteiger partial charge in [-0.25, -0.2) is 0 Å². The smallest absolute Gasteiger partial charge is 0.254 e. The predicted molar refractivity (Wildman–Crippen MR) is 90.0 cm³/mol. The lowest BCUT2D eigenvalue weighted by molar-refractivity contribution is 0.0391. The molecule has 1 heterocycles. The van der Waals surface area contributed by atoms with E-state index in [2.05, 4.69) is 29.2 Å². The highest BCUT2D eigenvalue weighted by Gasteiger charge is 2.35. The molecule has 22 heavy (non-hydrogen) atoms. The summed E-state index contributed by atoms with van der Waals surface area (Å²) in [7, 11) is 0. The molecule has 1 saturated carbocycles. The van der Waals surface area contributed by atoms with Crippen molar-refractivity contribution in [1.82, 2.24) is 4.90 Å². The zero-order valence-corrected chi connectivity index (χ0v) is 13.0. The van der Waals surface area contributed by atoms with Crippen LogP contribution in [0.2, 0.25) is 0 Å². The zero-order chi connectivity index (χ0) is 14.9. The first-order valence-electron chi connectivity index (χ1n) is 8.63. The number of amides is 1. The summed E-state index contributed by atoms with van der Waals surface area (Å²) in [6, 6.07) is 14.9. The Morgan fingerprint density at radius 2 is 1.68 bits per heavy atom. The maximum absolute atomic E-state index is 13.0. The van der Waals surface area contributed by atoms with E-state index in [4.69, 9.17) is 0 Å². The number of rotatable bonds is 1. The van der Waals surface area contributed by atoms with Crippen molar-refractivity contribution in [3.8, 4) is 0 Å². The molecule has 1 aliphatic carbocycles. The third kappa shape index (κ3) is 2.41. The molecular weight excluding hydrogens is 270 g/mol. The van der Waals surface area contributed by atoms with Gasteiger partial charge in [0.05, 0.1) is 0 Å². The summed E-state index contributed by atoms with van der Waals surface area (Å²) in [5, 5.41) is 2.36. The topological polar surface area (TPSA) is 20.3 Å². The van der Waals surface area contributed by atoms with E-state index in [0.717, 1.165) is 23.4 Å². The van der Waals surface area contributed by atoms with E-state index < -0.39 is 0 Å². The largest absolute Gasteiger partial charge is 0.335 e. The van der Waals surface area contributed by atoms with Crippen LogP contribution in [0.4, 0.5) is 0 Å². The van der Waals surface area contributed by atoms with Gasteiger partial charge >= 0.3 is 0 Å². The van der Waals surface area contributed by atoms with Gasteiger partial charge < -0.3 is 4.90 Å². The van der Waals surface area contributed by atoms with Crippen molar-refractivity contribution in [2.24, 2.45) is 5.92 Å². The lowest BCUT2D eigenvalue weighted by atomic mass is 9.78. The molecule has 114 valence electrons. The highest BCUT2D eigenvalue weighted by atomic mass is 16.2. The summed E-state index contributed by atoms with van der Waals surface area (Å²) in [5.74, 6) is 0.981. The number of nitrogens with zero attached hydrogens (tertiary/aromatic N) is 1. The SMILES string of the molecule is O=C(c1ccc2ccccc2c1)N1CCC[C@@H]2CCCC[C@H]21. The van der Waals surface area contributed by atoms with Crippen molar-refractivity contribution in [3.63, 3.8) is 0 Å². The van der Waals surface area contributed by atoms with Crippen molar-refractivity contribution >= 4 is 16.7 Å². The van der Waals surface area contributed by atoms with Crippen molar-refractivity contribution in [3.05, 3.63) is 48.0 Å². The van der Waals surface area contributed by atoms with E-state index in [1.54, 1.807) is 0 Å². The van der Waals surface area contributed by atoms with Crippen LogP contribution >= 0.6 is 0 Å². The van der Waals surface area contributed by atoms with E-state index in [9.17, 15) is 4.79 Å². The molecule has 1 amide bonds. The highest BCUT2D eigenvalue weighted by Crippen LogP contribution is 2.36. The summed E-state index contributed by atoms with van der Waals surface area (Å²) in [6.45, 7) is 0.937. The number of piperidine rings is 1. The number of hydrogen-bond acceptors (Lipinski definition) is 1. The Morgan fingerprint density at radius 1 is 0.909 bits per heavy atom. The van der Waals surface area contributed by atoms with Crippen molar-refractivity contribution in [1.29, 1.82) is 0 Å². The predicted octanol–water partition coefficient (Wildman–Crippen LogP) is 4.63. The number of fused-ring (bicyclic) bond motifs is 2. The number of hydrogen-bond donors (Lipinski definition) is 0. The maximum atomic E-state index is 13.0. The van der Waals surface area contributed by atoms with Crippen LogP contribution in [0.15, 0.2) is 42.5 Å². The molecular formula is C20H23NO. The third-order valence-electron chi connectivity index (χ3n) is 5.50. The molecule has 0 aromatic heterocycles. The first-order chi connectivity index (χ1) is 10.8. The fourth-order valence-corrected chi connectivity index (χ4v) is 4.37. The van der Waals surface area contributed by atoms with Gasteiger partial charge in [0.1, 0.15) is 0 Å². The fraction of sp³-hybridized carbons (Fsp3) is 0.450. The molecule has 2 heteroatoms. The molecule has 2 aliphatic rings. The molecule has 2 atom stereocenters. The van der Waals surface area contributed by atoms with E-state index in [-0.39, 0.29) is 5.91 Å². The lowest BCUT2D eigenvalue weighted by Gasteiger charge is -2.44. The van der Waals surface area contributed by atoms with E-state index in [1.807, 2.05) is 18.2 Å². The Hall–Kier alpha value is -1.83. The van der Waals surface area contributed by atoms with Crippen LogP contribution in [-0.2, 0) is 0 Å². The van der Waals surface area contributed by atoms with Gasteiger partial charge in [0.2, 0.25) is 0 Å². The van der Waals surface area contributed by atoms with Gasteiger partial charge in [0, 0.05) is 18.2 Å². The summed E-state index contributed by atoms with van der Waals surface area (Å²) in [5.41, 5.74) is 0.852. The Kier molecular flexibility index (Phi) is 3.61. The molecule has 0 N–H and O–H groups in total. The molecule has 0 bridgehead atoms. The van der Waals surface area contributed by atoms with E-state index in [1.165, 1.54) is 43.9 Å². The number of benzene rings is 2. The Balaban J connectivity index is 1.64. The molecule has 2 aromatic rings. The molecule has 0 unspecified atom stereocenters. The first kappa shape index (κ1) is 13.8. The van der Waals surface area contributed by atoms with Crippen LogP contribution in [0.3, 0.4) is 0 Å². The standard InChI is InChI=1S/C20H23NO/c22-20(18-12-11-15-6-1-2-8-17(15)14-18)21-13-5-9-16-7-3-4-10-19(16)21/h1-2,6,8,11-12,14,16,19H,3-5,7,9-10,13H2/t16-,19+/m0/s1. The molecule has 0 spiro atoms. The fourth-order valence-electron chi connectivity index (χ4n) is 4.37. The molecule has 1 aliphatic heterocycles. The minimum Gasteiger partial charge on any atom is -0.335 e. The van der Waals surface area contributed by atoms with Crippen LogP contribution in [0.25, 0.3) is 10.8 Å². The lowest BCUT2D eigenvalue weighted by Crippen LogP contribution is -2.49. The number of likely N-dealkylation sites (tertiary alicyclic amines) is 1. The highest BCUT2D eigenvalue weighted by molar-refractivity contribution is 5.98. The molecule has 2 fully saturated rings. The van der Waals surface area contributed by atoms with Crippen molar-refractivity contribution in [2.45, 2.75) is 44.6 Å². The number of carbonyl (C=O) groups excluding carboxylic acids is 1. The van der Waals surface area contributed by atoms with Gasteiger partial charge in [-0.05, 0) is 54.5 Å². The molecule has 1 saturated heterocycles. The Labute approximate surface area is 132 Å². The average molecular weight is 293 g/mol. The Morgan fingerprint density at radius 3 is 2.59 bits per heavy atom. The van der Waals surface area contributed by atoms with E-state index in [0.29, 0.717) is 6.04 Å². The second kappa shape index (κ2) is 5.75. The van der Waals surface area contributed by atoms with Gasteiger partial charge in [-0.2, -0.15) is 0 Å². The average Bonchev–Trinajstić information content (AvgIpc) is 2.60. The van der Waals surface area contributed by atoms with E-state index >= 15 is 0 Å². The van der Waals surface area contributed by atoms with Crippen molar-refractivity contribution in [2.75, 3.05) is 6.54 Å². The van der Waals surface area contributed by atoms with Gasteiger partial charge in [-0.3, -0.25) is 4.79 Å².